The number of carbonyl (C=O) groups is 1. The average Bonchev–Trinajstić information content (AvgIpc) is 2.56. The van der Waals surface area contributed by atoms with Crippen LogP contribution in [0, 0.1) is 5.82 Å². The fourth-order valence-electron chi connectivity index (χ4n) is 2.18. The second-order valence-corrected chi connectivity index (χ2v) is 5.36. The lowest BCUT2D eigenvalue weighted by Gasteiger charge is -2.21. The van der Waals surface area contributed by atoms with E-state index in [9.17, 15) is 9.18 Å². The number of rotatable bonds is 7. The molecule has 4 nitrogen and oxygen atoms in total. The molecule has 2 rings (SSSR count). The van der Waals surface area contributed by atoms with Crippen LogP contribution in [0.15, 0.2) is 54.6 Å². The number of halogens is 2. The topological polar surface area (TPSA) is 55.6 Å². The number of ether oxygens (including phenoxy) is 1. The van der Waals surface area contributed by atoms with E-state index in [1.54, 1.807) is 24.1 Å². The van der Waals surface area contributed by atoms with E-state index in [1.807, 2.05) is 30.3 Å². The normalized spacial score (nSPS) is 11.3. The Morgan fingerprint density at radius 1 is 1.17 bits per heavy atom. The lowest BCUT2D eigenvalue weighted by Crippen LogP contribution is -2.44. The van der Waals surface area contributed by atoms with Crippen molar-refractivity contribution in [3.05, 3.63) is 66.0 Å². The molecule has 24 heavy (non-hydrogen) atoms. The van der Waals surface area contributed by atoms with Gasteiger partial charge in [0, 0.05) is 7.05 Å². The third-order valence-electron chi connectivity index (χ3n) is 3.50. The highest BCUT2D eigenvalue weighted by molar-refractivity contribution is 5.85. The zero-order valence-corrected chi connectivity index (χ0v) is 14.3. The van der Waals surface area contributed by atoms with Gasteiger partial charge in [0.15, 0.2) is 0 Å². The summed E-state index contributed by atoms with van der Waals surface area (Å²) in [5.74, 6) is 0.133. The van der Waals surface area contributed by atoms with Gasteiger partial charge >= 0.3 is 0 Å². The Labute approximate surface area is 147 Å². The zero-order valence-electron chi connectivity index (χ0n) is 13.5. The minimum atomic E-state index is -0.576. The first-order valence-corrected chi connectivity index (χ1v) is 7.49. The van der Waals surface area contributed by atoms with Crippen LogP contribution in [0.4, 0.5) is 4.39 Å². The summed E-state index contributed by atoms with van der Waals surface area (Å²) in [4.78, 5) is 13.8. The molecule has 1 atom stereocenters. The molecule has 0 fully saturated rings. The van der Waals surface area contributed by atoms with Crippen molar-refractivity contribution in [3.8, 4) is 5.75 Å². The molecule has 0 radical (unpaired) electrons. The summed E-state index contributed by atoms with van der Waals surface area (Å²) in [5, 5.41) is 0. The van der Waals surface area contributed by atoms with Crippen LogP contribution in [0.1, 0.15) is 5.56 Å². The Morgan fingerprint density at radius 2 is 1.79 bits per heavy atom. The smallest absolute Gasteiger partial charge is 0.239 e. The largest absolute Gasteiger partial charge is 0.492 e. The monoisotopic (exact) mass is 352 g/mol. The van der Waals surface area contributed by atoms with E-state index in [1.165, 1.54) is 12.1 Å². The maximum Gasteiger partial charge on any atom is 0.239 e. The molecule has 0 aliphatic carbocycles. The highest BCUT2D eigenvalue weighted by Crippen LogP contribution is 2.11. The van der Waals surface area contributed by atoms with Gasteiger partial charge in [-0.1, -0.05) is 30.3 Å². The molecule has 2 N–H and O–H groups in total. The molecule has 0 saturated carbocycles. The second-order valence-electron chi connectivity index (χ2n) is 5.36. The van der Waals surface area contributed by atoms with Crippen LogP contribution in [0.25, 0.3) is 0 Å². The fraction of sp³-hybridized carbons (Fsp3) is 0.278. The van der Waals surface area contributed by atoms with Gasteiger partial charge in [-0.05, 0) is 36.2 Å². The Hall–Kier alpha value is -2.11. The summed E-state index contributed by atoms with van der Waals surface area (Å²) in [6, 6.07) is 14.9. The highest BCUT2D eigenvalue weighted by atomic mass is 35.5. The summed E-state index contributed by atoms with van der Waals surface area (Å²) in [7, 11) is 1.70. The minimum absolute atomic E-state index is 0. The second kappa shape index (κ2) is 9.90. The zero-order chi connectivity index (χ0) is 16.7. The summed E-state index contributed by atoms with van der Waals surface area (Å²) >= 11 is 0. The number of benzene rings is 2. The Morgan fingerprint density at radius 3 is 2.42 bits per heavy atom. The van der Waals surface area contributed by atoms with Crippen LogP contribution in [0.3, 0.4) is 0 Å². The first-order chi connectivity index (χ1) is 11.1. The van der Waals surface area contributed by atoms with E-state index >= 15 is 0 Å². The molecule has 2 aromatic carbocycles. The van der Waals surface area contributed by atoms with E-state index in [0.717, 1.165) is 5.56 Å². The predicted molar refractivity (Wildman–Crippen MR) is 94.9 cm³/mol. The lowest BCUT2D eigenvalue weighted by molar-refractivity contribution is -0.131. The van der Waals surface area contributed by atoms with Gasteiger partial charge in [-0.2, -0.15) is 0 Å². The van der Waals surface area contributed by atoms with Gasteiger partial charge in [0.25, 0.3) is 0 Å². The average molecular weight is 353 g/mol. The van der Waals surface area contributed by atoms with Crippen molar-refractivity contribution < 1.29 is 13.9 Å². The molecule has 2 aromatic rings. The van der Waals surface area contributed by atoms with Crippen LogP contribution in [-0.4, -0.2) is 37.0 Å². The molecule has 0 aliphatic rings. The predicted octanol–water partition coefficient (Wildman–Crippen LogP) is 2.65. The van der Waals surface area contributed by atoms with Gasteiger partial charge in [-0.15, -0.1) is 12.4 Å². The summed E-state index contributed by atoms with van der Waals surface area (Å²) in [6.45, 7) is 0.741. The van der Waals surface area contributed by atoms with E-state index < -0.39 is 6.04 Å². The van der Waals surface area contributed by atoms with Crippen molar-refractivity contribution >= 4 is 18.3 Å². The van der Waals surface area contributed by atoms with Crippen LogP contribution in [0.5, 0.6) is 5.75 Å². The molecule has 0 aromatic heterocycles. The number of carbonyl (C=O) groups excluding carboxylic acids is 1. The van der Waals surface area contributed by atoms with Crippen molar-refractivity contribution in [1.29, 1.82) is 0 Å². The fourth-order valence-corrected chi connectivity index (χ4v) is 2.18. The molecule has 6 heteroatoms. The van der Waals surface area contributed by atoms with Crippen molar-refractivity contribution in [3.63, 3.8) is 0 Å². The standard InChI is InChI=1S/C18H21FN2O2.ClH/c1-21(11-12-23-16-9-7-15(19)8-10-16)18(22)17(20)13-14-5-3-2-4-6-14;/h2-10,17H,11-13,20H2,1H3;1H. The molecule has 1 unspecified atom stereocenters. The number of hydrogen-bond donors (Lipinski definition) is 1. The van der Waals surface area contributed by atoms with E-state index in [-0.39, 0.29) is 24.1 Å². The maximum absolute atomic E-state index is 12.8. The van der Waals surface area contributed by atoms with Gasteiger partial charge in [-0.3, -0.25) is 4.79 Å². The van der Waals surface area contributed by atoms with Gasteiger partial charge in [0.2, 0.25) is 5.91 Å². The third-order valence-corrected chi connectivity index (χ3v) is 3.50. The number of likely N-dealkylation sites (N-methyl/N-ethyl adjacent to an activating group) is 1. The maximum atomic E-state index is 12.8. The quantitative estimate of drug-likeness (QED) is 0.833. The first kappa shape index (κ1) is 19.9. The Balaban J connectivity index is 0.00000288. The minimum Gasteiger partial charge on any atom is -0.492 e. The van der Waals surface area contributed by atoms with Crippen LogP contribution in [0.2, 0.25) is 0 Å². The van der Waals surface area contributed by atoms with Gasteiger partial charge in [0.1, 0.15) is 18.2 Å². The van der Waals surface area contributed by atoms with Crippen molar-refractivity contribution in [2.45, 2.75) is 12.5 Å². The molecule has 0 spiro atoms. The number of nitrogens with two attached hydrogens (primary N) is 1. The van der Waals surface area contributed by atoms with Crippen molar-refractivity contribution in [2.24, 2.45) is 5.73 Å². The summed E-state index contributed by atoms with van der Waals surface area (Å²) in [6.07, 6.45) is 0.503. The van der Waals surface area contributed by atoms with Crippen LogP contribution >= 0.6 is 12.4 Å². The van der Waals surface area contributed by atoms with E-state index in [4.69, 9.17) is 10.5 Å². The number of amides is 1. The molecule has 0 heterocycles. The Bertz CT molecular complexity index is 623. The van der Waals surface area contributed by atoms with Crippen molar-refractivity contribution in [1.82, 2.24) is 4.90 Å². The third kappa shape index (κ3) is 6.18. The van der Waals surface area contributed by atoms with E-state index in [2.05, 4.69) is 0 Å². The van der Waals surface area contributed by atoms with Crippen LogP contribution in [-0.2, 0) is 11.2 Å². The molecule has 0 aliphatic heterocycles. The van der Waals surface area contributed by atoms with Gasteiger partial charge < -0.3 is 15.4 Å². The van der Waals surface area contributed by atoms with Crippen LogP contribution < -0.4 is 10.5 Å². The molecule has 130 valence electrons. The first-order valence-electron chi connectivity index (χ1n) is 7.49. The SMILES string of the molecule is CN(CCOc1ccc(F)cc1)C(=O)C(N)Cc1ccccc1.Cl. The number of nitrogens with zero attached hydrogens (tertiary/aromatic N) is 1. The van der Waals surface area contributed by atoms with E-state index in [0.29, 0.717) is 25.3 Å². The molecular weight excluding hydrogens is 331 g/mol. The molecule has 0 bridgehead atoms. The molecule has 1 amide bonds. The summed E-state index contributed by atoms with van der Waals surface area (Å²) in [5.41, 5.74) is 7.01. The summed E-state index contributed by atoms with van der Waals surface area (Å²) < 4.78 is 18.3. The molecular formula is C18H22ClFN2O2. The Kier molecular flexibility index (Phi) is 8.22. The van der Waals surface area contributed by atoms with Crippen molar-refractivity contribution in [2.75, 3.05) is 20.2 Å². The number of hydrogen-bond acceptors (Lipinski definition) is 3. The van der Waals surface area contributed by atoms with Gasteiger partial charge in [-0.25, -0.2) is 4.39 Å². The lowest BCUT2D eigenvalue weighted by atomic mass is 10.1. The highest BCUT2D eigenvalue weighted by Gasteiger charge is 2.18. The molecule has 0 saturated heterocycles. The van der Waals surface area contributed by atoms with Gasteiger partial charge in [0.05, 0.1) is 12.6 Å².